The highest BCUT2D eigenvalue weighted by Gasteiger charge is 2.22. The molecular formula is C10H20N2O. The maximum atomic E-state index is 11.5. The number of carbonyl (C=O) groups excluding carboxylic acids is 1. The average Bonchev–Trinajstić information content (AvgIpc) is 2.65. The van der Waals surface area contributed by atoms with Gasteiger partial charge in [-0.25, -0.2) is 4.79 Å². The Morgan fingerprint density at radius 1 is 1.46 bits per heavy atom. The van der Waals surface area contributed by atoms with Crippen molar-refractivity contribution in [2.45, 2.75) is 45.1 Å². The predicted molar refractivity (Wildman–Crippen MR) is 53.7 cm³/mol. The first-order chi connectivity index (χ1) is 6.25. The maximum absolute atomic E-state index is 11.5. The van der Waals surface area contributed by atoms with Crippen molar-refractivity contribution in [3.8, 4) is 0 Å². The van der Waals surface area contributed by atoms with E-state index in [0.717, 1.165) is 13.0 Å². The second-order valence-corrected chi connectivity index (χ2v) is 3.78. The van der Waals surface area contributed by atoms with Crippen LogP contribution < -0.4 is 5.32 Å². The van der Waals surface area contributed by atoms with Crippen molar-refractivity contribution in [3.63, 3.8) is 0 Å². The van der Waals surface area contributed by atoms with Crippen molar-refractivity contribution in [1.29, 1.82) is 0 Å². The van der Waals surface area contributed by atoms with E-state index in [9.17, 15) is 4.79 Å². The minimum absolute atomic E-state index is 0.0914. The van der Waals surface area contributed by atoms with Crippen molar-refractivity contribution in [3.05, 3.63) is 0 Å². The molecular weight excluding hydrogens is 164 g/mol. The average molecular weight is 184 g/mol. The quantitative estimate of drug-likeness (QED) is 0.714. The summed E-state index contributed by atoms with van der Waals surface area (Å²) in [7, 11) is 1.90. The molecule has 1 N–H and O–H groups in total. The molecule has 0 saturated heterocycles. The summed E-state index contributed by atoms with van der Waals surface area (Å²) < 4.78 is 0. The van der Waals surface area contributed by atoms with Gasteiger partial charge in [-0.2, -0.15) is 0 Å². The second kappa shape index (κ2) is 5.10. The van der Waals surface area contributed by atoms with Crippen LogP contribution in [-0.4, -0.2) is 30.6 Å². The van der Waals surface area contributed by atoms with Gasteiger partial charge in [0.25, 0.3) is 0 Å². The van der Waals surface area contributed by atoms with E-state index in [1.165, 1.54) is 25.7 Å². The molecule has 1 fully saturated rings. The molecule has 3 heteroatoms. The number of nitrogens with zero attached hydrogens (tertiary/aromatic N) is 1. The highest BCUT2D eigenvalue weighted by Crippen LogP contribution is 2.22. The van der Waals surface area contributed by atoms with Crippen molar-refractivity contribution < 1.29 is 4.79 Å². The highest BCUT2D eigenvalue weighted by atomic mass is 16.2. The topological polar surface area (TPSA) is 32.3 Å². The van der Waals surface area contributed by atoms with Crippen LogP contribution in [0.5, 0.6) is 0 Å². The van der Waals surface area contributed by atoms with E-state index in [4.69, 9.17) is 0 Å². The molecule has 0 heterocycles. The Hall–Kier alpha value is -0.730. The zero-order chi connectivity index (χ0) is 9.68. The van der Waals surface area contributed by atoms with Crippen molar-refractivity contribution in [1.82, 2.24) is 10.2 Å². The zero-order valence-electron chi connectivity index (χ0n) is 8.68. The lowest BCUT2D eigenvalue weighted by Crippen LogP contribution is -2.42. The van der Waals surface area contributed by atoms with Gasteiger partial charge < -0.3 is 10.2 Å². The van der Waals surface area contributed by atoms with Crippen LogP contribution >= 0.6 is 0 Å². The summed E-state index contributed by atoms with van der Waals surface area (Å²) in [5.41, 5.74) is 0. The van der Waals surface area contributed by atoms with Crippen LogP contribution in [0.4, 0.5) is 4.79 Å². The van der Waals surface area contributed by atoms with E-state index in [2.05, 4.69) is 12.2 Å². The number of carbonyl (C=O) groups is 1. The minimum Gasteiger partial charge on any atom is -0.338 e. The SMILES string of the molecule is CCCNC(=O)N(C)C1CCCC1. The van der Waals surface area contributed by atoms with Gasteiger partial charge in [0, 0.05) is 19.6 Å². The van der Waals surface area contributed by atoms with Gasteiger partial charge in [0.05, 0.1) is 0 Å². The van der Waals surface area contributed by atoms with Gasteiger partial charge in [0.2, 0.25) is 0 Å². The van der Waals surface area contributed by atoms with Crippen LogP contribution in [0.1, 0.15) is 39.0 Å². The first kappa shape index (κ1) is 10.4. The fourth-order valence-electron chi connectivity index (χ4n) is 1.81. The molecule has 2 amide bonds. The largest absolute Gasteiger partial charge is 0.338 e. The lowest BCUT2D eigenvalue weighted by atomic mass is 10.2. The Kier molecular flexibility index (Phi) is 4.06. The molecule has 0 atom stereocenters. The summed E-state index contributed by atoms with van der Waals surface area (Å²) in [6.45, 7) is 2.85. The lowest BCUT2D eigenvalue weighted by Gasteiger charge is -2.24. The molecule has 1 saturated carbocycles. The number of nitrogens with one attached hydrogen (secondary N) is 1. The Balaban J connectivity index is 2.28. The molecule has 1 aliphatic rings. The van der Waals surface area contributed by atoms with Gasteiger partial charge in [-0.15, -0.1) is 0 Å². The van der Waals surface area contributed by atoms with E-state index in [1.54, 1.807) is 0 Å². The number of urea groups is 1. The van der Waals surface area contributed by atoms with Crippen LogP contribution in [0, 0.1) is 0 Å². The predicted octanol–water partition coefficient (Wildman–Crippen LogP) is 1.98. The Labute approximate surface area is 80.5 Å². The minimum atomic E-state index is 0.0914. The summed E-state index contributed by atoms with van der Waals surface area (Å²) in [6, 6.07) is 0.575. The molecule has 13 heavy (non-hydrogen) atoms. The summed E-state index contributed by atoms with van der Waals surface area (Å²) in [5.74, 6) is 0. The van der Waals surface area contributed by atoms with Crippen LogP contribution in [0.2, 0.25) is 0 Å². The van der Waals surface area contributed by atoms with Crippen LogP contribution in [-0.2, 0) is 0 Å². The Morgan fingerprint density at radius 3 is 2.62 bits per heavy atom. The number of hydrogen-bond acceptors (Lipinski definition) is 1. The van der Waals surface area contributed by atoms with Crippen molar-refractivity contribution in [2.24, 2.45) is 0 Å². The van der Waals surface area contributed by atoms with Crippen LogP contribution in [0.3, 0.4) is 0 Å². The molecule has 3 nitrogen and oxygen atoms in total. The summed E-state index contributed by atoms with van der Waals surface area (Å²) in [5, 5.41) is 2.90. The van der Waals surface area contributed by atoms with Gasteiger partial charge in [0.1, 0.15) is 0 Å². The molecule has 0 aromatic heterocycles. The third-order valence-corrected chi connectivity index (χ3v) is 2.72. The molecule has 0 radical (unpaired) electrons. The Morgan fingerprint density at radius 2 is 2.08 bits per heavy atom. The van der Waals surface area contributed by atoms with Crippen molar-refractivity contribution in [2.75, 3.05) is 13.6 Å². The van der Waals surface area contributed by atoms with Crippen LogP contribution in [0.25, 0.3) is 0 Å². The van der Waals surface area contributed by atoms with E-state index in [-0.39, 0.29) is 6.03 Å². The fraction of sp³-hybridized carbons (Fsp3) is 0.900. The molecule has 0 bridgehead atoms. The number of hydrogen-bond donors (Lipinski definition) is 1. The maximum Gasteiger partial charge on any atom is 0.317 e. The third kappa shape index (κ3) is 2.90. The highest BCUT2D eigenvalue weighted by molar-refractivity contribution is 5.74. The summed E-state index contributed by atoms with van der Waals surface area (Å²) in [4.78, 5) is 13.4. The smallest absolute Gasteiger partial charge is 0.317 e. The molecule has 0 spiro atoms. The fourth-order valence-corrected chi connectivity index (χ4v) is 1.81. The van der Waals surface area contributed by atoms with Gasteiger partial charge in [-0.3, -0.25) is 0 Å². The Bertz CT molecular complexity index is 164. The van der Waals surface area contributed by atoms with Gasteiger partial charge in [0.15, 0.2) is 0 Å². The number of amides is 2. The molecule has 0 aromatic rings. The number of rotatable bonds is 3. The normalized spacial score (nSPS) is 17.4. The zero-order valence-corrected chi connectivity index (χ0v) is 8.68. The van der Waals surface area contributed by atoms with E-state index >= 15 is 0 Å². The molecule has 76 valence electrons. The first-order valence-corrected chi connectivity index (χ1v) is 5.26. The van der Waals surface area contributed by atoms with E-state index in [1.807, 2.05) is 11.9 Å². The molecule has 0 unspecified atom stereocenters. The third-order valence-electron chi connectivity index (χ3n) is 2.72. The van der Waals surface area contributed by atoms with Gasteiger partial charge in [-0.05, 0) is 19.3 Å². The molecule has 1 rings (SSSR count). The standard InChI is InChI=1S/C10H20N2O/c1-3-8-11-10(13)12(2)9-6-4-5-7-9/h9H,3-8H2,1-2H3,(H,11,13). The second-order valence-electron chi connectivity index (χ2n) is 3.78. The lowest BCUT2D eigenvalue weighted by molar-refractivity contribution is 0.191. The van der Waals surface area contributed by atoms with E-state index in [0.29, 0.717) is 6.04 Å². The van der Waals surface area contributed by atoms with Crippen molar-refractivity contribution >= 4 is 6.03 Å². The van der Waals surface area contributed by atoms with Gasteiger partial charge >= 0.3 is 6.03 Å². The van der Waals surface area contributed by atoms with E-state index < -0.39 is 0 Å². The summed E-state index contributed by atoms with van der Waals surface area (Å²) in [6.07, 6.45) is 5.91. The van der Waals surface area contributed by atoms with Crippen LogP contribution in [0.15, 0.2) is 0 Å². The first-order valence-electron chi connectivity index (χ1n) is 5.26. The van der Waals surface area contributed by atoms with Gasteiger partial charge in [-0.1, -0.05) is 19.8 Å². The molecule has 1 aliphatic carbocycles. The molecule has 0 aromatic carbocycles. The summed E-state index contributed by atoms with van der Waals surface area (Å²) >= 11 is 0. The monoisotopic (exact) mass is 184 g/mol. The molecule has 0 aliphatic heterocycles.